The number of halogens is 2. The van der Waals surface area contributed by atoms with Crippen LogP contribution in [0.3, 0.4) is 0 Å². The van der Waals surface area contributed by atoms with E-state index in [0.29, 0.717) is 29.7 Å². The molecule has 0 saturated carbocycles. The number of amides is 1. The Kier molecular flexibility index (Phi) is 6.81. The van der Waals surface area contributed by atoms with Crippen LogP contribution in [-0.2, 0) is 19.5 Å². The molecule has 0 bridgehead atoms. The van der Waals surface area contributed by atoms with Crippen LogP contribution in [0.25, 0.3) is 11.1 Å². The highest BCUT2D eigenvalue weighted by Gasteiger charge is 2.33. The molecule has 35 heavy (non-hydrogen) atoms. The molecule has 0 saturated heterocycles. The van der Waals surface area contributed by atoms with Gasteiger partial charge in [-0.15, -0.1) is 0 Å². The molecule has 0 radical (unpaired) electrons. The zero-order chi connectivity index (χ0) is 24.4. The van der Waals surface area contributed by atoms with Gasteiger partial charge in [0.1, 0.15) is 11.6 Å². The van der Waals surface area contributed by atoms with Crippen molar-refractivity contribution in [2.75, 3.05) is 0 Å². The molecule has 5 nitrogen and oxygen atoms in total. The highest BCUT2D eigenvalue weighted by molar-refractivity contribution is 9.10. The fourth-order valence-corrected chi connectivity index (χ4v) is 4.80. The summed E-state index contributed by atoms with van der Waals surface area (Å²) in [6.07, 6.45) is -0.339. The molecule has 1 aliphatic rings. The van der Waals surface area contributed by atoms with Gasteiger partial charge < -0.3 is 20.2 Å². The first-order valence-corrected chi connectivity index (χ1v) is 12.2. The highest BCUT2D eigenvalue weighted by atomic mass is 79.9. The van der Waals surface area contributed by atoms with E-state index in [-0.39, 0.29) is 5.56 Å². The summed E-state index contributed by atoms with van der Waals surface area (Å²) >= 11 is 3.29. The Morgan fingerprint density at radius 1 is 1.00 bits per heavy atom. The summed E-state index contributed by atoms with van der Waals surface area (Å²) in [6.45, 7) is 1.17. The van der Waals surface area contributed by atoms with Crippen LogP contribution >= 0.6 is 15.9 Å². The smallest absolute Gasteiger partial charge is 0.254 e. The highest BCUT2D eigenvalue weighted by Crippen LogP contribution is 2.33. The second-order valence-electron chi connectivity index (χ2n) is 8.63. The molecule has 0 aliphatic heterocycles. The van der Waals surface area contributed by atoms with E-state index in [4.69, 9.17) is 4.42 Å². The number of rotatable bonds is 7. The largest absolute Gasteiger partial charge is 0.453 e. The maximum atomic E-state index is 14.9. The average molecular weight is 535 g/mol. The van der Waals surface area contributed by atoms with E-state index in [1.54, 1.807) is 6.07 Å². The van der Waals surface area contributed by atoms with Crippen molar-refractivity contribution in [3.8, 4) is 11.1 Å². The molecule has 3 N–H and O–H groups in total. The third kappa shape index (κ3) is 5.22. The molecule has 5 rings (SSSR count). The van der Waals surface area contributed by atoms with Crippen molar-refractivity contribution in [2.45, 2.75) is 31.7 Å². The van der Waals surface area contributed by atoms with Crippen molar-refractivity contribution in [3.63, 3.8) is 0 Å². The van der Waals surface area contributed by atoms with Crippen molar-refractivity contribution in [1.29, 1.82) is 0 Å². The van der Waals surface area contributed by atoms with E-state index >= 15 is 0 Å². The number of nitrogens with one attached hydrogen (secondary N) is 2. The van der Waals surface area contributed by atoms with Gasteiger partial charge in [-0.25, -0.2) is 4.39 Å². The van der Waals surface area contributed by atoms with Crippen molar-refractivity contribution in [3.05, 3.63) is 117 Å². The minimum Gasteiger partial charge on any atom is -0.453 e. The van der Waals surface area contributed by atoms with Crippen molar-refractivity contribution >= 4 is 21.8 Å². The number of carbonyl (C=O) groups excluding carboxylic acids is 1. The number of hydrogen-bond donors (Lipinski definition) is 3. The summed E-state index contributed by atoms with van der Waals surface area (Å²) in [5.74, 6) is -0.330. The molecule has 1 aromatic heterocycles. The lowest BCUT2D eigenvalue weighted by Gasteiger charge is -2.19. The Morgan fingerprint density at radius 2 is 1.83 bits per heavy atom. The number of benzene rings is 3. The summed E-state index contributed by atoms with van der Waals surface area (Å²) in [5, 5.41) is 16.8. The van der Waals surface area contributed by atoms with E-state index in [1.807, 2.05) is 60.7 Å². The molecule has 1 aliphatic carbocycles. The molecule has 3 aromatic carbocycles. The normalized spacial score (nSPS) is 16.8. The molecule has 0 fully saturated rings. The lowest BCUT2D eigenvalue weighted by molar-refractivity contribution is 0.0854. The van der Waals surface area contributed by atoms with Crippen molar-refractivity contribution < 1.29 is 18.7 Å². The number of aliphatic hydroxyl groups excluding tert-OH is 1. The van der Waals surface area contributed by atoms with Crippen LogP contribution in [-0.4, -0.2) is 17.1 Å². The molecule has 0 unspecified atom stereocenters. The minimum absolute atomic E-state index is 0.0484. The van der Waals surface area contributed by atoms with Gasteiger partial charge in [-0.2, -0.15) is 0 Å². The van der Waals surface area contributed by atoms with Gasteiger partial charge in [0.15, 0.2) is 4.67 Å². The summed E-state index contributed by atoms with van der Waals surface area (Å²) in [5.41, 5.74) is 4.37. The molecule has 1 heterocycles. The maximum Gasteiger partial charge on any atom is 0.254 e. The van der Waals surface area contributed by atoms with Gasteiger partial charge >= 0.3 is 0 Å². The topological polar surface area (TPSA) is 74.5 Å². The number of fused-ring (bicyclic) bond motifs is 1. The zero-order valence-corrected chi connectivity index (χ0v) is 20.4. The maximum absolute atomic E-state index is 14.9. The van der Waals surface area contributed by atoms with Crippen LogP contribution in [0.4, 0.5) is 4.39 Å². The predicted molar refractivity (Wildman–Crippen MR) is 135 cm³/mol. The van der Waals surface area contributed by atoms with Gasteiger partial charge in [0.25, 0.3) is 5.91 Å². The lowest BCUT2D eigenvalue weighted by Crippen LogP contribution is -2.34. The summed E-state index contributed by atoms with van der Waals surface area (Å²) in [4.78, 5) is 13.0. The number of aliphatic hydroxyl groups is 1. The van der Waals surface area contributed by atoms with Crippen LogP contribution in [0, 0.1) is 5.82 Å². The Labute approximate surface area is 211 Å². The first-order valence-electron chi connectivity index (χ1n) is 11.4. The second-order valence-corrected chi connectivity index (χ2v) is 9.41. The first-order chi connectivity index (χ1) is 17.0. The quantitative estimate of drug-likeness (QED) is 0.291. The van der Waals surface area contributed by atoms with Gasteiger partial charge in [-0.3, -0.25) is 4.79 Å². The third-order valence-corrected chi connectivity index (χ3v) is 6.65. The predicted octanol–water partition coefficient (Wildman–Crippen LogP) is 5.53. The Hall–Kier alpha value is -3.26. The second kappa shape index (κ2) is 10.2. The van der Waals surface area contributed by atoms with E-state index < -0.39 is 23.9 Å². The standard InChI is InChI=1S/C28H24BrFN2O3/c29-26-11-9-21(35-26)16-31-15-17-6-7-20-14-25(33)27(23(20)12-17)32-28(34)22-10-8-19(13-24(22)30)18-4-2-1-3-5-18/h1-13,25,27,31,33H,14-16H2,(H,32,34)/t25-,27-/m1/s1. The van der Waals surface area contributed by atoms with E-state index in [2.05, 4.69) is 26.6 Å². The average Bonchev–Trinajstić information content (AvgIpc) is 3.41. The molecule has 7 heteroatoms. The Bertz CT molecular complexity index is 1360. The van der Waals surface area contributed by atoms with Gasteiger partial charge in [0.05, 0.1) is 24.3 Å². The SMILES string of the molecule is O=C(N[C@@H]1c2cc(CNCc3ccc(Br)o3)ccc2C[C@H]1O)c1ccc(-c2ccccc2)cc1F. The van der Waals surface area contributed by atoms with E-state index in [0.717, 1.165) is 28.0 Å². The van der Waals surface area contributed by atoms with Gasteiger partial charge in [-0.1, -0.05) is 54.6 Å². The van der Waals surface area contributed by atoms with Crippen molar-refractivity contribution in [1.82, 2.24) is 10.6 Å². The zero-order valence-electron chi connectivity index (χ0n) is 18.8. The third-order valence-electron chi connectivity index (χ3n) is 6.22. The molecule has 4 aromatic rings. The van der Waals surface area contributed by atoms with E-state index in [9.17, 15) is 14.3 Å². The van der Waals surface area contributed by atoms with Crippen LogP contribution in [0.2, 0.25) is 0 Å². The molecule has 1 amide bonds. The monoisotopic (exact) mass is 534 g/mol. The summed E-state index contributed by atoms with van der Waals surface area (Å²) in [7, 11) is 0. The van der Waals surface area contributed by atoms with E-state index in [1.165, 1.54) is 12.1 Å². The summed E-state index contributed by atoms with van der Waals surface area (Å²) in [6, 6.07) is 23.1. The van der Waals surface area contributed by atoms with Crippen LogP contribution in [0.15, 0.2) is 87.9 Å². The van der Waals surface area contributed by atoms with Gasteiger partial charge in [0, 0.05) is 13.0 Å². The first kappa shape index (κ1) is 23.5. The minimum atomic E-state index is -0.774. The van der Waals surface area contributed by atoms with Crippen LogP contribution in [0.1, 0.15) is 38.9 Å². The number of carbonyl (C=O) groups is 1. The number of furan rings is 1. The van der Waals surface area contributed by atoms with Gasteiger partial charge in [0.2, 0.25) is 0 Å². The van der Waals surface area contributed by atoms with Crippen LogP contribution in [0.5, 0.6) is 0 Å². The molecule has 178 valence electrons. The molecule has 2 atom stereocenters. The fraction of sp³-hybridized carbons (Fsp3) is 0.179. The van der Waals surface area contributed by atoms with Gasteiger partial charge in [-0.05, 0) is 68.0 Å². The summed E-state index contributed by atoms with van der Waals surface area (Å²) < 4.78 is 21.0. The molecular formula is C28H24BrFN2O3. The molecule has 0 spiro atoms. The van der Waals surface area contributed by atoms with Crippen molar-refractivity contribution in [2.24, 2.45) is 0 Å². The lowest BCUT2D eigenvalue weighted by atomic mass is 10.0. The number of hydrogen-bond acceptors (Lipinski definition) is 4. The molecular weight excluding hydrogens is 511 g/mol. The van der Waals surface area contributed by atoms with Crippen LogP contribution < -0.4 is 10.6 Å². The fourth-order valence-electron chi connectivity index (χ4n) is 4.46. The Morgan fingerprint density at radius 3 is 2.57 bits per heavy atom. The Balaban J connectivity index is 1.28.